The van der Waals surface area contributed by atoms with Crippen molar-refractivity contribution in [2.24, 2.45) is 44.8 Å². The summed E-state index contributed by atoms with van der Waals surface area (Å²) in [7, 11) is 0. The Morgan fingerprint density at radius 3 is 2.51 bits per heavy atom. The van der Waals surface area contributed by atoms with Crippen LogP contribution in [0.15, 0.2) is 23.8 Å². The molecule has 0 aromatic rings. The van der Waals surface area contributed by atoms with Crippen LogP contribution in [0.3, 0.4) is 0 Å². The summed E-state index contributed by atoms with van der Waals surface area (Å²) in [5, 5.41) is 23.3. The molecule has 192 valence electrons. The van der Waals surface area contributed by atoms with Gasteiger partial charge in [0.25, 0.3) is 0 Å². The van der Waals surface area contributed by atoms with Crippen molar-refractivity contribution in [2.75, 3.05) is 0 Å². The average molecular weight is 483 g/mol. The van der Waals surface area contributed by atoms with Crippen LogP contribution in [0.25, 0.3) is 0 Å². The van der Waals surface area contributed by atoms with Crippen molar-refractivity contribution in [3.63, 3.8) is 0 Å². The number of aliphatic hydroxyl groups is 2. The molecule has 2 heterocycles. The zero-order chi connectivity index (χ0) is 25.2. The van der Waals surface area contributed by atoms with Gasteiger partial charge in [0.15, 0.2) is 11.6 Å². The zero-order valence-corrected chi connectivity index (χ0v) is 22.4. The van der Waals surface area contributed by atoms with Crippen LogP contribution in [-0.4, -0.2) is 45.7 Å². The maximum absolute atomic E-state index is 12.8. The van der Waals surface area contributed by atoms with E-state index in [4.69, 9.17) is 9.47 Å². The van der Waals surface area contributed by atoms with Crippen molar-refractivity contribution in [2.45, 2.75) is 110 Å². The number of ketones is 1. The molecule has 5 fully saturated rings. The molecule has 2 bridgehead atoms. The fraction of sp³-hybridized carbons (Fsp3) is 0.833. The highest BCUT2D eigenvalue weighted by molar-refractivity contribution is 5.96. The van der Waals surface area contributed by atoms with Gasteiger partial charge in [0.1, 0.15) is 12.2 Å². The van der Waals surface area contributed by atoms with Gasteiger partial charge in [-0.15, -0.1) is 0 Å². The number of carbonyl (C=O) groups excluding carboxylic acids is 1. The Morgan fingerprint density at radius 2 is 1.83 bits per heavy atom. The van der Waals surface area contributed by atoms with E-state index in [1.54, 1.807) is 13.8 Å². The van der Waals surface area contributed by atoms with Gasteiger partial charge in [0.2, 0.25) is 0 Å². The van der Waals surface area contributed by atoms with E-state index >= 15 is 0 Å². The fourth-order valence-electron chi connectivity index (χ4n) is 11.1. The molecule has 0 aromatic carbocycles. The number of hydrogen-bond acceptors (Lipinski definition) is 5. The lowest BCUT2D eigenvalue weighted by molar-refractivity contribution is -0.279. The standard InChI is InChI=1S/C30H42O5/c1-16-14-17-22(25(4,5)33)35-30(34-17)21(16)26(6)12-13-29-15-28(29)11-10-20(31)24(2,3)18(28)8-9-19(29)27(26,7)23(30)32/h9-11,16-18,21-23,32-33H,8,12-15H2,1-7H3/t16-,17-,18+,21-,22+,23-,26-,27-,28-,29+,30+/m1/s1. The number of aliphatic hydroxyl groups excluding tert-OH is 1. The predicted molar refractivity (Wildman–Crippen MR) is 131 cm³/mol. The normalized spacial score (nSPS) is 59.1. The lowest BCUT2D eigenvalue weighted by Crippen LogP contribution is -2.54. The minimum absolute atomic E-state index is 0.0145. The number of allylic oxidation sites excluding steroid dienone is 3. The summed E-state index contributed by atoms with van der Waals surface area (Å²) in [6, 6.07) is 0. The Bertz CT molecular complexity index is 1100. The van der Waals surface area contributed by atoms with Crippen molar-refractivity contribution < 1.29 is 24.5 Å². The second-order valence-electron chi connectivity index (χ2n) is 14.9. The number of rotatable bonds is 1. The molecule has 2 saturated heterocycles. The van der Waals surface area contributed by atoms with E-state index in [9.17, 15) is 15.0 Å². The molecular weight excluding hydrogens is 440 g/mol. The van der Waals surface area contributed by atoms with Crippen LogP contribution < -0.4 is 0 Å². The minimum Gasteiger partial charge on any atom is -0.388 e. The van der Waals surface area contributed by atoms with Crippen LogP contribution >= 0.6 is 0 Å². The van der Waals surface area contributed by atoms with E-state index < -0.39 is 29.0 Å². The predicted octanol–water partition coefficient (Wildman–Crippen LogP) is 4.56. The van der Waals surface area contributed by atoms with Gasteiger partial charge < -0.3 is 19.7 Å². The van der Waals surface area contributed by atoms with Gasteiger partial charge in [-0.1, -0.05) is 52.3 Å². The van der Waals surface area contributed by atoms with E-state index in [1.165, 1.54) is 5.57 Å². The van der Waals surface area contributed by atoms with Crippen molar-refractivity contribution in [3.05, 3.63) is 23.8 Å². The minimum atomic E-state index is -1.08. The van der Waals surface area contributed by atoms with Gasteiger partial charge in [-0.2, -0.15) is 0 Å². The van der Waals surface area contributed by atoms with Gasteiger partial charge in [-0.05, 0) is 69.3 Å². The topological polar surface area (TPSA) is 76.0 Å². The molecule has 0 radical (unpaired) electrons. The van der Waals surface area contributed by atoms with E-state index in [2.05, 4.69) is 46.8 Å². The zero-order valence-electron chi connectivity index (χ0n) is 22.4. The van der Waals surface area contributed by atoms with Crippen LogP contribution in [0.1, 0.15) is 80.6 Å². The van der Waals surface area contributed by atoms with Gasteiger partial charge in [0, 0.05) is 27.6 Å². The number of carbonyl (C=O) groups is 1. The Labute approximate surface area is 209 Å². The summed E-state index contributed by atoms with van der Waals surface area (Å²) in [4.78, 5) is 12.8. The average Bonchev–Trinajstić information content (AvgIpc) is 3.28. The lowest BCUT2D eigenvalue weighted by Gasteiger charge is -2.58. The number of hydrogen-bond donors (Lipinski definition) is 2. The van der Waals surface area contributed by atoms with Crippen molar-refractivity contribution in [1.29, 1.82) is 0 Å². The largest absolute Gasteiger partial charge is 0.388 e. The second kappa shape index (κ2) is 6.00. The smallest absolute Gasteiger partial charge is 0.199 e. The Hall–Kier alpha value is -1.01. The number of ether oxygens (including phenoxy) is 2. The monoisotopic (exact) mass is 482 g/mol. The lowest BCUT2D eigenvalue weighted by atomic mass is 9.45. The molecule has 2 N–H and O–H groups in total. The molecule has 3 spiro atoms. The van der Waals surface area contributed by atoms with Crippen molar-refractivity contribution >= 4 is 5.78 Å². The maximum Gasteiger partial charge on any atom is 0.199 e. The highest BCUT2D eigenvalue weighted by atomic mass is 16.8. The molecule has 7 aliphatic rings. The molecule has 5 heteroatoms. The highest BCUT2D eigenvalue weighted by Gasteiger charge is 2.86. The SMILES string of the molecule is C[C@@H]1C[C@H]2O[C@]3(O[C@@H]2C(C)(C)O)[C@H]1[C@@]1(C)CC[C@@]24C[C@@]25C=CC(=O)C(C)(C)[C@@H]5CC=C4[C@]1(C)[C@H]3O. The van der Waals surface area contributed by atoms with E-state index in [0.717, 1.165) is 32.1 Å². The fourth-order valence-corrected chi connectivity index (χ4v) is 11.1. The summed E-state index contributed by atoms with van der Waals surface area (Å²) in [6.45, 7) is 14.8. The van der Waals surface area contributed by atoms with Crippen LogP contribution in [0.4, 0.5) is 0 Å². The third-order valence-corrected chi connectivity index (χ3v) is 12.8. The maximum atomic E-state index is 12.8. The Morgan fingerprint density at radius 1 is 1.11 bits per heavy atom. The van der Waals surface area contributed by atoms with Crippen LogP contribution in [-0.2, 0) is 14.3 Å². The summed E-state index contributed by atoms with van der Waals surface area (Å²) < 4.78 is 13.4. The van der Waals surface area contributed by atoms with E-state index in [1.807, 2.05) is 6.08 Å². The quantitative estimate of drug-likeness (QED) is 0.536. The Kier molecular flexibility index (Phi) is 3.97. The second-order valence-corrected chi connectivity index (χ2v) is 14.9. The van der Waals surface area contributed by atoms with Crippen LogP contribution in [0, 0.1) is 44.8 Å². The molecule has 11 atom stereocenters. The molecule has 0 aromatic heterocycles. The first-order valence-electron chi connectivity index (χ1n) is 13.8. The van der Waals surface area contributed by atoms with Gasteiger partial charge >= 0.3 is 0 Å². The summed E-state index contributed by atoms with van der Waals surface area (Å²) >= 11 is 0. The van der Waals surface area contributed by atoms with Crippen LogP contribution in [0.2, 0.25) is 0 Å². The molecule has 5 nitrogen and oxygen atoms in total. The van der Waals surface area contributed by atoms with Crippen LogP contribution in [0.5, 0.6) is 0 Å². The van der Waals surface area contributed by atoms with Crippen molar-refractivity contribution in [1.82, 2.24) is 0 Å². The van der Waals surface area contributed by atoms with E-state index in [0.29, 0.717) is 11.8 Å². The summed E-state index contributed by atoms with van der Waals surface area (Å²) in [5.41, 5.74) is -0.635. The third-order valence-electron chi connectivity index (χ3n) is 12.8. The molecular formula is C30H42O5. The first-order chi connectivity index (χ1) is 16.1. The summed E-state index contributed by atoms with van der Waals surface area (Å²) in [5.74, 6) is -0.142. The third kappa shape index (κ3) is 2.16. The molecule has 2 aliphatic heterocycles. The van der Waals surface area contributed by atoms with Gasteiger partial charge in [0.05, 0.1) is 11.7 Å². The highest BCUT2D eigenvalue weighted by Crippen LogP contribution is 2.88. The van der Waals surface area contributed by atoms with E-state index in [-0.39, 0.29) is 39.5 Å². The summed E-state index contributed by atoms with van der Waals surface area (Å²) in [6.07, 6.45) is 9.96. The molecule has 35 heavy (non-hydrogen) atoms. The molecule has 0 unspecified atom stereocenters. The first kappa shape index (κ1) is 23.1. The number of fused-ring (bicyclic) bond motifs is 4. The van der Waals surface area contributed by atoms with Gasteiger partial charge in [-0.25, -0.2) is 0 Å². The van der Waals surface area contributed by atoms with Crippen molar-refractivity contribution in [3.8, 4) is 0 Å². The molecule has 3 saturated carbocycles. The molecule has 0 amide bonds. The molecule has 7 rings (SSSR count). The molecule has 5 aliphatic carbocycles. The first-order valence-corrected chi connectivity index (χ1v) is 13.8. The van der Waals surface area contributed by atoms with Gasteiger partial charge in [-0.3, -0.25) is 4.79 Å². The Balaban J connectivity index is 1.38.